The Hall–Kier alpha value is -1.53. The van der Waals surface area contributed by atoms with E-state index in [9.17, 15) is 9.90 Å². The van der Waals surface area contributed by atoms with E-state index in [2.05, 4.69) is 0 Å². The van der Waals surface area contributed by atoms with Crippen molar-refractivity contribution in [1.29, 1.82) is 0 Å². The summed E-state index contributed by atoms with van der Waals surface area (Å²) in [6.45, 7) is 10.3. The predicted molar refractivity (Wildman–Crippen MR) is 88.7 cm³/mol. The average Bonchev–Trinajstić information content (AvgIpc) is 2.65. The Bertz CT molecular complexity index is 554. The van der Waals surface area contributed by atoms with Crippen molar-refractivity contribution in [1.82, 2.24) is 0 Å². The van der Waals surface area contributed by atoms with Crippen LogP contribution in [0, 0.1) is 0 Å². The zero-order valence-electron chi connectivity index (χ0n) is 14.5. The third kappa shape index (κ3) is 3.87. The molecule has 1 aromatic carbocycles. The molecule has 0 aromatic heterocycles. The van der Waals surface area contributed by atoms with Gasteiger partial charge >= 0.3 is 13.1 Å². The fourth-order valence-corrected chi connectivity index (χ4v) is 2.61. The Morgan fingerprint density at radius 3 is 2.39 bits per heavy atom. The second-order valence-electron chi connectivity index (χ2n) is 6.83. The van der Waals surface area contributed by atoms with Gasteiger partial charge in [-0.05, 0) is 52.3 Å². The highest BCUT2D eigenvalue weighted by molar-refractivity contribution is 6.48. The average molecular weight is 320 g/mol. The van der Waals surface area contributed by atoms with Crippen molar-refractivity contribution in [3.05, 3.63) is 29.8 Å². The minimum absolute atomic E-state index is 0.0631. The summed E-state index contributed by atoms with van der Waals surface area (Å²) in [5.74, 6) is -0.558. The summed E-state index contributed by atoms with van der Waals surface area (Å²) in [6, 6.07) is 7.47. The number of rotatable bonds is 6. The highest BCUT2D eigenvalue weighted by Gasteiger charge is 2.54. The Morgan fingerprint density at radius 1 is 1.26 bits per heavy atom. The molecule has 0 bridgehead atoms. The molecule has 1 fully saturated rings. The van der Waals surface area contributed by atoms with E-state index < -0.39 is 30.1 Å². The lowest BCUT2D eigenvalue weighted by atomic mass is 9.66. The maximum Gasteiger partial charge on any atom is 0.466 e. The van der Waals surface area contributed by atoms with Crippen molar-refractivity contribution in [3.63, 3.8) is 0 Å². The molecule has 1 unspecified atom stereocenters. The molecular weight excluding hydrogens is 295 g/mol. The largest absolute Gasteiger partial charge is 0.494 e. The summed E-state index contributed by atoms with van der Waals surface area (Å²) < 4.78 is 17.6. The summed E-state index contributed by atoms with van der Waals surface area (Å²) in [5, 5.41) is 9.30. The van der Waals surface area contributed by atoms with E-state index in [1.54, 1.807) is 0 Å². The van der Waals surface area contributed by atoms with Crippen LogP contribution >= 0.6 is 0 Å². The van der Waals surface area contributed by atoms with Gasteiger partial charge in [-0.1, -0.05) is 12.1 Å². The van der Waals surface area contributed by atoms with Crippen LogP contribution in [0.3, 0.4) is 0 Å². The van der Waals surface area contributed by atoms with Gasteiger partial charge in [-0.25, -0.2) is 0 Å². The summed E-state index contributed by atoms with van der Waals surface area (Å²) in [4.78, 5) is 11.3. The minimum Gasteiger partial charge on any atom is -0.494 e. The van der Waals surface area contributed by atoms with E-state index in [0.717, 1.165) is 11.3 Å². The van der Waals surface area contributed by atoms with Gasteiger partial charge in [-0.2, -0.15) is 0 Å². The summed E-state index contributed by atoms with van der Waals surface area (Å²) in [7, 11) is -0.604. The molecule has 0 aliphatic carbocycles. The van der Waals surface area contributed by atoms with Crippen LogP contribution in [0.15, 0.2) is 24.3 Å². The third-order valence-corrected chi connectivity index (χ3v) is 4.59. The van der Waals surface area contributed by atoms with Crippen LogP contribution in [-0.4, -0.2) is 36.0 Å². The Kier molecular flexibility index (Phi) is 5.06. The lowest BCUT2D eigenvalue weighted by molar-refractivity contribution is -0.137. The van der Waals surface area contributed by atoms with E-state index in [4.69, 9.17) is 14.0 Å². The summed E-state index contributed by atoms with van der Waals surface area (Å²) in [6.07, 6.45) is -0.0631. The minimum atomic E-state index is -0.883. The molecule has 1 saturated heterocycles. The molecule has 1 aliphatic rings. The van der Waals surface area contributed by atoms with Gasteiger partial charge < -0.3 is 19.2 Å². The molecule has 1 N–H and O–H groups in total. The van der Waals surface area contributed by atoms with Crippen LogP contribution in [0.25, 0.3) is 0 Å². The van der Waals surface area contributed by atoms with Crippen molar-refractivity contribution in [2.75, 3.05) is 6.61 Å². The number of hydrogen-bond acceptors (Lipinski definition) is 4. The Balaban J connectivity index is 2.31. The first-order valence-corrected chi connectivity index (χ1v) is 7.96. The SMILES string of the molecule is CCOc1cccc(C(CC(=O)O)B2OC(C)(C)C(C)(C)O2)c1. The smallest absolute Gasteiger partial charge is 0.466 e. The molecule has 23 heavy (non-hydrogen) atoms. The molecule has 0 radical (unpaired) electrons. The first-order chi connectivity index (χ1) is 10.7. The lowest BCUT2D eigenvalue weighted by Crippen LogP contribution is -2.41. The molecule has 1 aromatic rings. The quantitative estimate of drug-likeness (QED) is 0.815. The number of carboxylic acid groups (broad SMARTS) is 1. The normalized spacial score (nSPS) is 20.3. The number of carboxylic acids is 1. The Labute approximate surface area is 138 Å². The molecule has 0 spiro atoms. The van der Waals surface area contributed by atoms with Crippen LogP contribution in [0.4, 0.5) is 0 Å². The molecule has 1 aliphatic heterocycles. The molecule has 5 nitrogen and oxygen atoms in total. The zero-order chi connectivity index (χ0) is 17.3. The number of hydrogen-bond donors (Lipinski definition) is 1. The third-order valence-electron chi connectivity index (χ3n) is 4.59. The van der Waals surface area contributed by atoms with E-state index in [1.807, 2.05) is 58.9 Å². The van der Waals surface area contributed by atoms with Gasteiger partial charge in [0.1, 0.15) is 5.75 Å². The van der Waals surface area contributed by atoms with Crippen LogP contribution in [0.5, 0.6) is 5.75 Å². The van der Waals surface area contributed by atoms with Crippen LogP contribution < -0.4 is 4.74 Å². The zero-order valence-corrected chi connectivity index (χ0v) is 14.5. The maximum absolute atomic E-state index is 11.3. The number of carbonyl (C=O) groups is 1. The lowest BCUT2D eigenvalue weighted by Gasteiger charge is -2.32. The van der Waals surface area contributed by atoms with Gasteiger partial charge in [0.25, 0.3) is 0 Å². The second-order valence-corrected chi connectivity index (χ2v) is 6.83. The van der Waals surface area contributed by atoms with Crippen LogP contribution in [0.2, 0.25) is 0 Å². The van der Waals surface area contributed by atoms with E-state index >= 15 is 0 Å². The summed E-state index contributed by atoms with van der Waals surface area (Å²) in [5.41, 5.74) is -0.144. The first-order valence-electron chi connectivity index (χ1n) is 7.96. The fraction of sp³-hybridized carbons (Fsp3) is 0.588. The highest BCUT2D eigenvalue weighted by atomic mass is 16.7. The molecule has 2 rings (SSSR count). The van der Waals surface area contributed by atoms with Crippen molar-refractivity contribution in [3.8, 4) is 5.75 Å². The molecule has 1 heterocycles. The van der Waals surface area contributed by atoms with E-state index in [1.165, 1.54) is 0 Å². The van der Waals surface area contributed by atoms with E-state index in [0.29, 0.717) is 6.61 Å². The predicted octanol–water partition coefficient (Wildman–Crippen LogP) is 3.28. The molecule has 0 amide bonds. The van der Waals surface area contributed by atoms with Gasteiger partial charge in [0.2, 0.25) is 0 Å². The number of aliphatic carboxylic acids is 1. The molecule has 126 valence electrons. The second kappa shape index (κ2) is 6.53. The first kappa shape index (κ1) is 17.8. The fourth-order valence-electron chi connectivity index (χ4n) is 2.61. The van der Waals surface area contributed by atoms with Gasteiger partial charge in [-0.3, -0.25) is 4.79 Å². The Morgan fingerprint density at radius 2 is 1.87 bits per heavy atom. The topological polar surface area (TPSA) is 65.0 Å². The van der Waals surface area contributed by atoms with Gasteiger partial charge in [0.15, 0.2) is 0 Å². The summed E-state index contributed by atoms with van der Waals surface area (Å²) >= 11 is 0. The maximum atomic E-state index is 11.3. The molecular formula is C17H25BO5. The van der Waals surface area contributed by atoms with Crippen molar-refractivity contribution in [2.24, 2.45) is 0 Å². The van der Waals surface area contributed by atoms with Crippen molar-refractivity contribution in [2.45, 2.75) is 58.1 Å². The van der Waals surface area contributed by atoms with Gasteiger partial charge in [0.05, 0.1) is 24.2 Å². The van der Waals surface area contributed by atoms with Gasteiger partial charge in [-0.15, -0.1) is 0 Å². The van der Waals surface area contributed by atoms with Crippen molar-refractivity contribution < 1.29 is 23.9 Å². The van der Waals surface area contributed by atoms with Gasteiger partial charge in [0, 0.05) is 5.82 Å². The number of ether oxygens (including phenoxy) is 1. The van der Waals surface area contributed by atoms with Crippen LogP contribution in [0.1, 0.15) is 52.4 Å². The number of benzene rings is 1. The molecule has 1 atom stereocenters. The highest BCUT2D eigenvalue weighted by Crippen LogP contribution is 2.42. The molecule has 6 heteroatoms. The van der Waals surface area contributed by atoms with Crippen molar-refractivity contribution >= 4 is 13.1 Å². The van der Waals surface area contributed by atoms with Crippen LogP contribution in [-0.2, 0) is 14.1 Å². The van der Waals surface area contributed by atoms with E-state index in [-0.39, 0.29) is 6.42 Å². The monoisotopic (exact) mass is 320 g/mol. The molecule has 0 saturated carbocycles. The standard InChI is InChI=1S/C17H25BO5/c1-6-21-13-9-7-8-12(10-13)14(11-15(19)20)18-22-16(2,3)17(4,5)23-18/h7-10,14H,6,11H2,1-5H3,(H,19,20).